The van der Waals surface area contributed by atoms with Crippen molar-refractivity contribution in [3.63, 3.8) is 0 Å². The first-order valence-corrected chi connectivity index (χ1v) is 9.53. The van der Waals surface area contributed by atoms with Gasteiger partial charge >= 0.3 is 0 Å². The van der Waals surface area contributed by atoms with E-state index in [1.807, 2.05) is 13.8 Å². The van der Waals surface area contributed by atoms with Crippen LogP contribution in [0.5, 0.6) is 0 Å². The number of amides is 1. The number of aryl methyl sites for hydroxylation is 2. The van der Waals surface area contributed by atoms with Gasteiger partial charge in [-0.2, -0.15) is 0 Å². The third-order valence-electron chi connectivity index (χ3n) is 3.17. The molecule has 2 aromatic rings. The maximum absolute atomic E-state index is 12.8. The van der Waals surface area contributed by atoms with Gasteiger partial charge < -0.3 is 5.32 Å². The van der Waals surface area contributed by atoms with E-state index in [4.69, 9.17) is 0 Å². The molecule has 1 heterocycles. The van der Waals surface area contributed by atoms with Crippen molar-refractivity contribution in [1.29, 1.82) is 0 Å². The molecule has 0 saturated carbocycles. The third kappa shape index (κ3) is 4.35. The van der Waals surface area contributed by atoms with Gasteiger partial charge in [0.15, 0.2) is 9.84 Å². The highest BCUT2D eigenvalue weighted by molar-refractivity contribution is 7.91. The zero-order chi connectivity index (χ0) is 17.0. The summed E-state index contributed by atoms with van der Waals surface area (Å²) in [6.45, 7) is 3.71. The molecular weight excluding hydrogens is 339 g/mol. The van der Waals surface area contributed by atoms with Crippen LogP contribution in [-0.2, 0) is 16.3 Å². The molecule has 2 rings (SSSR count). The monoisotopic (exact) mass is 356 g/mol. The van der Waals surface area contributed by atoms with E-state index >= 15 is 0 Å². The van der Waals surface area contributed by atoms with Gasteiger partial charge in [0.05, 0.1) is 21.3 Å². The van der Waals surface area contributed by atoms with E-state index in [9.17, 15) is 17.6 Å². The second-order valence-corrected chi connectivity index (χ2v) is 8.20. The van der Waals surface area contributed by atoms with Crippen molar-refractivity contribution in [3.8, 4) is 0 Å². The number of benzene rings is 1. The largest absolute Gasteiger partial charge is 0.350 e. The van der Waals surface area contributed by atoms with Crippen LogP contribution in [0.2, 0.25) is 0 Å². The van der Waals surface area contributed by atoms with E-state index in [2.05, 4.69) is 10.3 Å². The Hall–Kier alpha value is -1.80. The van der Waals surface area contributed by atoms with Crippen LogP contribution >= 0.6 is 11.3 Å². The van der Waals surface area contributed by atoms with E-state index in [0.29, 0.717) is 17.0 Å². The zero-order valence-corrected chi connectivity index (χ0v) is 14.4. The van der Waals surface area contributed by atoms with Gasteiger partial charge in [0.25, 0.3) is 5.91 Å². The fourth-order valence-corrected chi connectivity index (χ4v) is 4.11. The van der Waals surface area contributed by atoms with Gasteiger partial charge in [-0.15, -0.1) is 11.3 Å². The number of hydrogen-bond donors (Lipinski definition) is 1. The Morgan fingerprint density at radius 2 is 1.96 bits per heavy atom. The van der Waals surface area contributed by atoms with E-state index in [1.165, 1.54) is 23.5 Å². The molecule has 0 aliphatic heterocycles. The fraction of sp³-hybridized carbons (Fsp3) is 0.333. The number of thiazole rings is 1. The molecule has 0 atom stereocenters. The summed E-state index contributed by atoms with van der Waals surface area (Å²) in [6.07, 6.45) is 0.640. The number of carbonyl (C=O) groups is 1. The first-order valence-electron chi connectivity index (χ1n) is 7.06. The molecule has 124 valence electrons. The summed E-state index contributed by atoms with van der Waals surface area (Å²) < 4.78 is 37.0. The Kier molecular flexibility index (Phi) is 5.48. The van der Waals surface area contributed by atoms with Crippen molar-refractivity contribution >= 4 is 27.1 Å². The Morgan fingerprint density at radius 1 is 1.30 bits per heavy atom. The molecule has 1 aromatic carbocycles. The minimum atomic E-state index is -3.56. The van der Waals surface area contributed by atoms with Crippen LogP contribution in [0.25, 0.3) is 0 Å². The highest BCUT2D eigenvalue weighted by Gasteiger charge is 2.18. The number of halogens is 1. The van der Waals surface area contributed by atoms with Gasteiger partial charge in [-0.25, -0.2) is 17.8 Å². The van der Waals surface area contributed by atoms with Crippen molar-refractivity contribution in [2.45, 2.75) is 25.2 Å². The minimum Gasteiger partial charge on any atom is -0.350 e. The van der Waals surface area contributed by atoms with Crippen molar-refractivity contribution < 1.29 is 17.6 Å². The maximum Gasteiger partial charge on any atom is 0.263 e. The summed E-state index contributed by atoms with van der Waals surface area (Å²) in [4.78, 5) is 16.9. The van der Waals surface area contributed by atoms with Crippen molar-refractivity contribution in [2.75, 3.05) is 12.3 Å². The second kappa shape index (κ2) is 7.18. The van der Waals surface area contributed by atoms with Crippen LogP contribution in [0.3, 0.4) is 0 Å². The van der Waals surface area contributed by atoms with Gasteiger partial charge in [-0.1, -0.05) is 6.92 Å². The highest BCUT2D eigenvalue weighted by atomic mass is 32.2. The lowest BCUT2D eigenvalue weighted by molar-refractivity contribution is 0.0959. The van der Waals surface area contributed by atoms with Crippen LogP contribution in [0, 0.1) is 12.7 Å². The van der Waals surface area contributed by atoms with Gasteiger partial charge in [-0.3, -0.25) is 4.79 Å². The number of carbonyl (C=O) groups excluding carboxylic acids is 1. The summed E-state index contributed by atoms with van der Waals surface area (Å²) in [5.41, 5.74) is 0.714. The minimum absolute atomic E-state index is 0.0152. The number of rotatable bonds is 6. The van der Waals surface area contributed by atoms with Gasteiger partial charge in [0, 0.05) is 6.54 Å². The smallest absolute Gasteiger partial charge is 0.263 e. The molecule has 1 amide bonds. The zero-order valence-electron chi connectivity index (χ0n) is 12.8. The normalized spacial score (nSPS) is 11.4. The predicted molar refractivity (Wildman–Crippen MR) is 87.0 cm³/mol. The Bertz CT molecular complexity index is 799. The molecule has 0 saturated heterocycles. The topological polar surface area (TPSA) is 76.1 Å². The summed E-state index contributed by atoms with van der Waals surface area (Å²) in [7, 11) is -3.56. The molecule has 5 nitrogen and oxygen atoms in total. The molecular formula is C15H17FN2O3S2. The number of nitrogens with one attached hydrogen (secondary N) is 1. The van der Waals surface area contributed by atoms with Crippen LogP contribution in [0.1, 0.15) is 27.3 Å². The van der Waals surface area contributed by atoms with Gasteiger partial charge in [0.1, 0.15) is 10.7 Å². The van der Waals surface area contributed by atoms with E-state index in [1.54, 1.807) is 0 Å². The summed E-state index contributed by atoms with van der Waals surface area (Å²) >= 11 is 1.29. The van der Waals surface area contributed by atoms with Crippen LogP contribution < -0.4 is 5.32 Å². The second-order valence-electron chi connectivity index (χ2n) is 4.89. The summed E-state index contributed by atoms with van der Waals surface area (Å²) in [5.74, 6) is -1.06. The molecule has 1 N–H and O–H groups in total. The van der Waals surface area contributed by atoms with E-state index in [-0.39, 0.29) is 23.1 Å². The average Bonchev–Trinajstić information content (AvgIpc) is 2.88. The van der Waals surface area contributed by atoms with Crippen LogP contribution in [-0.4, -0.2) is 31.6 Å². The number of sulfone groups is 1. The average molecular weight is 356 g/mol. The van der Waals surface area contributed by atoms with Gasteiger partial charge in [0.2, 0.25) is 0 Å². The molecule has 0 unspecified atom stereocenters. The molecule has 0 aliphatic rings. The SMILES string of the molecule is CCc1nc(C)sc1C(=O)NCCS(=O)(=O)c1ccc(F)cc1. The fourth-order valence-electron chi connectivity index (χ4n) is 2.03. The Morgan fingerprint density at radius 3 is 2.57 bits per heavy atom. The first kappa shape index (κ1) is 17.6. The Balaban J connectivity index is 1.98. The van der Waals surface area contributed by atoms with E-state index < -0.39 is 15.7 Å². The van der Waals surface area contributed by atoms with Crippen LogP contribution in [0.4, 0.5) is 4.39 Å². The van der Waals surface area contributed by atoms with Crippen LogP contribution in [0.15, 0.2) is 29.2 Å². The molecule has 0 spiro atoms. The highest BCUT2D eigenvalue weighted by Crippen LogP contribution is 2.18. The summed E-state index contributed by atoms with van der Waals surface area (Å²) in [5, 5.41) is 3.40. The number of hydrogen-bond acceptors (Lipinski definition) is 5. The van der Waals surface area contributed by atoms with Crippen molar-refractivity contribution in [1.82, 2.24) is 10.3 Å². The quantitative estimate of drug-likeness (QED) is 0.806. The molecule has 23 heavy (non-hydrogen) atoms. The van der Waals surface area contributed by atoms with Crippen molar-refractivity contribution in [2.24, 2.45) is 0 Å². The van der Waals surface area contributed by atoms with Crippen molar-refractivity contribution in [3.05, 3.63) is 45.7 Å². The van der Waals surface area contributed by atoms with Gasteiger partial charge in [-0.05, 0) is 37.6 Å². The lowest BCUT2D eigenvalue weighted by Gasteiger charge is -2.06. The number of nitrogens with zero attached hydrogens (tertiary/aromatic N) is 1. The molecule has 8 heteroatoms. The summed E-state index contributed by atoms with van der Waals surface area (Å²) in [6, 6.07) is 4.63. The van der Waals surface area contributed by atoms with E-state index in [0.717, 1.165) is 17.1 Å². The lowest BCUT2D eigenvalue weighted by atomic mass is 10.3. The maximum atomic E-state index is 12.8. The number of aromatic nitrogens is 1. The lowest BCUT2D eigenvalue weighted by Crippen LogP contribution is -2.29. The molecule has 0 radical (unpaired) electrons. The predicted octanol–water partition coefficient (Wildman–Crippen LogP) is 2.36. The molecule has 0 fully saturated rings. The third-order valence-corrected chi connectivity index (χ3v) is 5.92. The standard InChI is InChI=1S/C15H17FN2O3S2/c1-3-13-14(22-10(2)18-13)15(19)17-8-9-23(20,21)12-6-4-11(16)5-7-12/h4-7H,3,8-9H2,1-2H3,(H,17,19). The first-order chi connectivity index (χ1) is 10.8. The molecule has 1 aromatic heterocycles. The Labute approximate surface area is 138 Å². The molecule has 0 bridgehead atoms. The molecule has 0 aliphatic carbocycles.